The van der Waals surface area contributed by atoms with Crippen LogP contribution in [0.4, 0.5) is 0 Å². The highest BCUT2D eigenvalue weighted by Crippen LogP contribution is 2.54. The van der Waals surface area contributed by atoms with Crippen LogP contribution in [0.2, 0.25) is 0 Å². The lowest BCUT2D eigenvalue weighted by Crippen LogP contribution is -2.22. The van der Waals surface area contributed by atoms with Gasteiger partial charge in [-0.3, -0.25) is 0 Å². The summed E-state index contributed by atoms with van der Waals surface area (Å²) in [6.07, 6.45) is 0. The van der Waals surface area contributed by atoms with Gasteiger partial charge in [0.25, 0.3) is 0 Å². The highest BCUT2D eigenvalue weighted by atomic mass is 31.2. The Morgan fingerprint density at radius 3 is 1.84 bits per heavy atom. The normalized spacial score (nSPS) is 15.1. The Balaban J connectivity index is 1.12. The van der Waals surface area contributed by atoms with Crippen molar-refractivity contribution >= 4 is 55.6 Å². The molecule has 1 aliphatic rings. The molecule has 0 N–H and O–H groups in total. The second-order valence-electron chi connectivity index (χ2n) is 12.9. The monoisotopic (exact) mass is 643 g/mol. The van der Waals surface area contributed by atoms with E-state index in [0.29, 0.717) is 0 Å². The van der Waals surface area contributed by atoms with Crippen LogP contribution in [0.15, 0.2) is 182 Å². The molecule has 0 amide bonds. The summed E-state index contributed by atoms with van der Waals surface area (Å²) in [6, 6.07) is 64.0. The van der Waals surface area contributed by atoms with Crippen LogP contribution in [-0.2, 0) is 4.57 Å². The van der Waals surface area contributed by atoms with Crippen LogP contribution in [0.25, 0.3) is 71.6 Å². The molecule has 0 spiro atoms. The quantitative estimate of drug-likeness (QED) is 0.175. The van der Waals surface area contributed by atoms with E-state index in [1.165, 1.54) is 27.5 Å². The van der Waals surface area contributed by atoms with Crippen LogP contribution >= 0.6 is 7.14 Å². The van der Waals surface area contributed by atoms with E-state index in [0.717, 1.165) is 60.1 Å². The molecule has 1 atom stereocenters. The second kappa shape index (κ2) is 10.8. The Morgan fingerprint density at radius 1 is 0.429 bits per heavy atom. The van der Waals surface area contributed by atoms with Crippen LogP contribution in [0.3, 0.4) is 0 Å². The minimum atomic E-state index is -3.17. The molecule has 2 heterocycles. The number of rotatable bonds is 4. The smallest absolute Gasteiger partial charge is 0.174 e. The van der Waals surface area contributed by atoms with Gasteiger partial charge in [-0.1, -0.05) is 158 Å². The van der Waals surface area contributed by atoms with E-state index in [-0.39, 0.29) is 0 Å². The molecular formula is C46H30NOP. The summed E-state index contributed by atoms with van der Waals surface area (Å²) in [4.78, 5) is 0. The van der Waals surface area contributed by atoms with Crippen molar-refractivity contribution in [2.45, 2.75) is 0 Å². The Hall–Kier alpha value is -5.95. The third-order valence-corrected chi connectivity index (χ3v) is 13.4. The minimum Gasteiger partial charge on any atom is -0.309 e. The van der Waals surface area contributed by atoms with Gasteiger partial charge in [0.05, 0.1) is 16.3 Å². The summed E-state index contributed by atoms with van der Waals surface area (Å²) < 4.78 is 18.1. The zero-order chi connectivity index (χ0) is 32.5. The Kier molecular flexibility index (Phi) is 6.19. The first-order valence-corrected chi connectivity index (χ1v) is 18.4. The van der Waals surface area contributed by atoms with Crippen LogP contribution in [-0.4, -0.2) is 4.57 Å². The van der Waals surface area contributed by atoms with Gasteiger partial charge in [0, 0.05) is 27.1 Å². The second-order valence-corrected chi connectivity index (χ2v) is 15.5. The topological polar surface area (TPSA) is 22.0 Å². The van der Waals surface area contributed by atoms with E-state index in [2.05, 4.69) is 150 Å². The van der Waals surface area contributed by atoms with Crippen LogP contribution in [0.1, 0.15) is 0 Å². The van der Waals surface area contributed by atoms with Crippen LogP contribution in [0, 0.1) is 0 Å². The molecule has 2 nitrogen and oxygen atoms in total. The largest absolute Gasteiger partial charge is 0.309 e. The van der Waals surface area contributed by atoms with E-state index in [1.54, 1.807) is 0 Å². The molecule has 0 bridgehead atoms. The molecule has 230 valence electrons. The molecule has 1 aliphatic heterocycles. The molecule has 1 unspecified atom stereocenters. The lowest BCUT2D eigenvalue weighted by atomic mass is 9.98. The van der Waals surface area contributed by atoms with Crippen LogP contribution < -0.4 is 15.9 Å². The fraction of sp³-hybridized carbons (Fsp3) is 0. The number of hydrogen-bond donors (Lipinski definition) is 0. The van der Waals surface area contributed by atoms with Crippen molar-refractivity contribution in [1.29, 1.82) is 0 Å². The summed E-state index contributed by atoms with van der Waals surface area (Å²) in [6.45, 7) is 0. The van der Waals surface area contributed by atoms with Crippen molar-refractivity contribution < 1.29 is 4.57 Å². The molecule has 1 aromatic heterocycles. The van der Waals surface area contributed by atoms with Crippen molar-refractivity contribution in [2.24, 2.45) is 0 Å². The molecule has 0 fully saturated rings. The third kappa shape index (κ3) is 4.18. The van der Waals surface area contributed by atoms with Crippen molar-refractivity contribution in [1.82, 2.24) is 4.57 Å². The molecule has 0 saturated heterocycles. The van der Waals surface area contributed by atoms with Gasteiger partial charge in [0.2, 0.25) is 0 Å². The first-order valence-electron chi connectivity index (χ1n) is 16.7. The van der Waals surface area contributed by atoms with E-state index in [9.17, 15) is 0 Å². The zero-order valence-electron chi connectivity index (χ0n) is 26.6. The standard InChI is InChI=1S/C46H30NOP/c48-49(38-12-2-1-3-13-38)44-17-9-7-15-40(44)42-29-28-41-39-14-6-8-16-43(39)47(45(41)46(42)49)37-26-24-33(25-27-37)32-18-20-34(21-19-32)36-23-22-31-10-4-5-11-35(31)30-36/h1-30H. The number of aromatic nitrogens is 1. The van der Waals surface area contributed by atoms with Crippen LogP contribution in [0.5, 0.6) is 0 Å². The van der Waals surface area contributed by atoms with Gasteiger partial charge in [0.15, 0.2) is 7.14 Å². The first-order chi connectivity index (χ1) is 24.2. The maximum atomic E-state index is 15.8. The summed E-state index contributed by atoms with van der Waals surface area (Å²) in [5.74, 6) is 0. The lowest BCUT2D eigenvalue weighted by Gasteiger charge is -2.18. The summed E-state index contributed by atoms with van der Waals surface area (Å²) in [5, 5.41) is 7.50. The third-order valence-electron chi connectivity index (χ3n) is 10.2. The molecule has 0 radical (unpaired) electrons. The van der Waals surface area contributed by atoms with Gasteiger partial charge in [-0.2, -0.15) is 0 Å². The minimum absolute atomic E-state index is 0.869. The Morgan fingerprint density at radius 2 is 1.04 bits per heavy atom. The van der Waals surface area contributed by atoms with E-state index in [4.69, 9.17) is 0 Å². The SMILES string of the molecule is O=P1(c2ccccc2)c2ccccc2-c2ccc3c4ccccc4n(-c4ccc(-c5ccc(-c6ccc7ccccc7c6)cc5)cc4)c3c21. The van der Waals surface area contributed by atoms with Gasteiger partial charge in [-0.15, -0.1) is 0 Å². The maximum absolute atomic E-state index is 15.8. The molecular weight excluding hydrogens is 613 g/mol. The van der Waals surface area contributed by atoms with Crippen molar-refractivity contribution in [2.75, 3.05) is 0 Å². The number of para-hydroxylation sites is 1. The Bertz CT molecular complexity index is 2780. The molecule has 3 heteroatoms. The van der Waals surface area contributed by atoms with E-state index in [1.807, 2.05) is 36.4 Å². The van der Waals surface area contributed by atoms with Gasteiger partial charge < -0.3 is 9.13 Å². The zero-order valence-corrected chi connectivity index (χ0v) is 27.5. The number of nitrogens with zero attached hydrogens (tertiary/aromatic N) is 1. The first kappa shape index (κ1) is 28.1. The highest BCUT2D eigenvalue weighted by molar-refractivity contribution is 7.86. The van der Waals surface area contributed by atoms with Gasteiger partial charge in [-0.05, 0) is 68.4 Å². The lowest BCUT2D eigenvalue weighted by molar-refractivity contribution is 0.593. The summed E-state index contributed by atoms with van der Waals surface area (Å²) in [5.41, 5.74) is 10.0. The van der Waals surface area contributed by atoms with Crippen molar-refractivity contribution in [3.05, 3.63) is 182 Å². The van der Waals surface area contributed by atoms with Gasteiger partial charge in [-0.25, -0.2) is 0 Å². The maximum Gasteiger partial charge on any atom is 0.174 e. The average molecular weight is 644 g/mol. The Labute approximate surface area is 284 Å². The van der Waals surface area contributed by atoms with E-state index >= 15 is 4.57 Å². The predicted molar refractivity (Wildman–Crippen MR) is 208 cm³/mol. The fourth-order valence-electron chi connectivity index (χ4n) is 7.87. The van der Waals surface area contributed by atoms with Crippen molar-refractivity contribution in [3.8, 4) is 39.1 Å². The average Bonchev–Trinajstić information content (AvgIpc) is 3.65. The molecule has 49 heavy (non-hydrogen) atoms. The van der Waals surface area contributed by atoms with Crippen molar-refractivity contribution in [3.63, 3.8) is 0 Å². The molecule has 0 saturated carbocycles. The number of hydrogen-bond acceptors (Lipinski definition) is 1. The molecule has 10 rings (SSSR count). The van der Waals surface area contributed by atoms with Gasteiger partial charge >= 0.3 is 0 Å². The fourth-order valence-corrected chi connectivity index (χ4v) is 11.1. The number of fused-ring (bicyclic) bond motifs is 8. The molecule has 0 aliphatic carbocycles. The molecule has 9 aromatic rings. The molecule has 8 aromatic carbocycles. The summed E-state index contributed by atoms with van der Waals surface area (Å²) >= 11 is 0. The van der Waals surface area contributed by atoms with Gasteiger partial charge in [0.1, 0.15) is 0 Å². The summed E-state index contributed by atoms with van der Waals surface area (Å²) in [7, 11) is -3.17. The van der Waals surface area contributed by atoms with E-state index < -0.39 is 7.14 Å². The predicted octanol–water partition coefficient (Wildman–Crippen LogP) is 10.9. The number of benzene rings is 8. The highest BCUT2D eigenvalue weighted by Gasteiger charge is 2.42.